The number of pyridine rings is 1. The molecule has 1 fully saturated rings. The zero-order chi connectivity index (χ0) is 21.5. The van der Waals surface area contributed by atoms with Crippen molar-refractivity contribution in [3.05, 3.63) is 61.6 Å². The van der Waals surface area contributed by atoms with Gasteiger partial charge in [0.1, 0.15) is 17.8 Å². The third-order valence-electron chi connectivity index (χ3n) is 5.88. The molecule has 0 aliphatic carbocycles. The van der Waals surface area contributed by atoms with Crippen LogP contribution in [0.2, 0.25) is 0 Å². The standard InChI is InChI=1S/C22H22N8O/c1-3-17(31)29-8-6-14(11-29)20-18(19-21(23)25-13-26-22(19)28(20)2)15-9-27-30(12-15)16-5-4-7-24-10-16/h3-5,7,9-10,12-14H,1,6,8,11H2,2H3,(H2,23,25,26). The van der Waals surface area contributed by atoms with Gasteiger partial charge in [0.05, 0.1) is 23.5 Å². The SMILES string of the molecule is C=CC(=O)N1CCC(c2c(-c3cnn(-c4cccnc4)c3)c3c(N)ncnc3n2C)C1. The molecule has 4 aromatic rings. The van der Waals surface area contributed by atoms with E-state index < -0.39 is 0 Å². The van der Waals surface area contributed by atoms with E-state index in [-0.39, 0.29) is 11.8 Å². The summed E-state index contributed by atoms with van der Waals surface area (Å²) in [6.45, 7) is 4.92. The number of likely N-dealkylation sites (tertiary alicyclic amines) is 1. The minimum absolute atomic E-state index is 0.0495. The van der Waals surface area contributed by atoms with Crippen LogP contribution in [0.25, 0.3) is 27.8 Å². The number of anilines is 1. The summed E-state index contributed by atoms with van der Waals surface area (Å²) in [5, 5.41) is 5.35. The van der Waals surface area contributed by atoms with E-state index >= 15 is 0 Å². The fraction of sp³-hybridized carbons (Fsp3) is 0.227. The molecular formula is C22H22N8O. The molecule has 1 atom stereocenters. The zero-order valence-corrected chi connectivity index (χ0v) is 17.1. The van der Waals surface area contributed by atoms with Crippen LogP contribution in [0, 0.1) is 0 Å². The van der Waals surface area contributed by atoms with Crippen molar-refractivity contribution < 1.29 is 4.79 Å². The number of hydrogen-bond donors (Lipinski definition) is 1. The fourth-order valence-corrected chi connectivity index (χ4v) is 4.46. The summed E-state index contributed by atoms with van der Waals surface area (Å²) in [4.78, 5) is 26.9. The molecule has 9 nitrogen and oxygen atoms in total. The summed E-state index contributed by atoms with van der Waals surface area (Å²) in [7, 11) is 1.98. The molecule has 0 saturated carbocycles. The molecule has 5 rings (SSSR count). The number of carbonyl (C=O) groups excluding carboxylic acids is 1. The topological polar surface area (TPSA) is 108 Å². The zero-order valence-electron chi connectivity index (χ0n) is 17.1. The van der Waals surface area contributed by atoms with Crippen molar-refractivity contribution in [1.82, 2.24) is 34.2 Å². The highest BCUT2D eigenvalue weighted by atomic mass is 16.2. The Bertz CT molecular complexity index is 1290. The summed E-state index contributed by atoms with van der Waals surface area (Å²) in [6.07, 6.45) is 11.0. The van der Waals surface area contributed by atoms with Gasteiger partial charge in [0.15, 0.2) is 0 Å². The summed E-state index contributed by atoms with van der Waals surface area (Å²) in [5.74, 6) is 0.513. The van der Waals surface area contributed by atoms with Gasteiger partial charge in [0, 0.05) is 55.3 Å². The minimum atomic E-state index is -0.0495. The lowest BCUT2D eigenvalue weighted by Crippen LogP contribution is -2.26. The Balaban J connectivity index is 1.67. The number of carbonyl (C=O) groups is 1. The van der Waals surface area contributed by atoms with Crippen LogP contribution in [-0.4, -0.2) is 53.2 Å². The molecule has 4 aromatic heterocycles. The second kappa shape index (κ2) is 7.35. The van der Waals surface area contributed by atoms with Crippen LogP contribution >= 0.6 is 0 Å². The number of nitrogens with zero attached hydrogens (tertiary/aromatic N) is 7. The van der Waals surface area contributed by atoms with Gasteiger partial charge in [-0.25, -0.2) is 14.6 Å². The van der Waals surface area contributed by atoms with Gasteiger partial charge < -0.3 is 15.2 Å². The maximum absolute atomic E-state index is 12.2. The lowest BCUT2D eigenvalue weighted by Gasteiger charge is -2.16. The number of aromatic nitrogens is 6. The van der Waals surface area contributed by atoms with Gasteiger partial charge in [0.25, 0.3) is 0 Å². The summed E-state index contributed by atoms with van der Waals surface area (Å²) >= 11 is 0. The number of amides is 1. The molecule has 2 N–H and O–H groups in total. The molecule has 5 heterocycles. The molecule has 1 saturated heterocycles. The molecule has 156 valence electrons. The van der Waals surface area contributed by atoms with Crippen molar-refractivity contribution in [1.29, 1.82) is 0 Å². The molecule has 1 unspecified atom stereocenters. The number of nitrogen functional groups attached to an aromatic ring is 1. The van der Waals surface area contributed by atoms with E-state index in [0.717, 1.165) is 40.0 Å². The Morgan fingerprint density at radius 2 is 2.19 bits per heavy atom. The Hall–Kier alpha value is -4.01. The molecule has 0 radical (unpaired) electrons. The van der Waals surface area contributed by atoms with Gasteiger partial charge >= 0.3 is 0 Å². The van der Waals surface area contributed by atoms with E-state index in [2.05, 4.69) is 31.2 Å². The molecule has 31 heavy (non-hydrogen) atoms. The van der Waals surface area contributed by atoms with Crippen molar-refractivity contribution in [2.45, 2.75) is 12.3 Å². The minimum Gasteiger partial charge on any atom is -0.383 e. The van der Waals surface area contributed by atoms with Crippen LogP contribution in [0.1, 0.15) is 18.0 Å². The predicted octanol–water partition coefficient (Wildman–Crippen LogP) is 2.30. The average Bonchev–Trinajstić information content (AvgIpc) is 3.52. The first-order valence-electron chi connectivity index (χ1n) is 10.0. The van der Waals surface area contributed by atoms with Crippen molar-refractivity contribution in [2.24, 2.45) is 7.05 Å². The van der Waals surface area contributed by atoms with Gasteiger partial charge in [0.2, 0.25) is 5.91 Å². The third kappa shape index (κ3) is 3.05. The smallest absolute Gasteiger partial charge is 0.245 e. The number of nitrogens with two attached hydrogens (primary N) is 1. The maximum Gasteiger partial charge on any atom is 0.245 e. The second-order valence-corrected chi connectivity index (χ2v) is 7.64. The highest BCUT2D eigenvalue weighted by molar-refractivity contribution is 6.02. The Morgan fingerprint density at radius 3 is 2.97 bits per heavy atom. The molecule has 1 aliphatic rings. The monoisotopic (exact) mass is 414 g/mol. The van der Waals surface area contributed by atoms with Gasteiger partial charge in [-0.2, -0.15) is 5.10 Å². The van der Waals surface area contributed by atoms with E-state index in [0.29, 0.717) is 18.9 Å². The molecule has 1 aliphatic heterocycles. The van der Waals surface area contributed by atoms with Crippen molar-refractivity contribution in [3.8, 4) is 16.8 Å². The van der Waals surface area contributed by atoms with Crippen LogP contribution in [0.15, 0.2) is 55.9 Å². The predicted molar refractivity (Wildman–Crippen MR) is 117 cm³/mol. The molecule has 9 heteroatoms. The first-order chi connectivity index (χ1) is 15.1. The summed E-state index contributed by atoms with van der Waals surface area (Å²) in [6, 6.07) is 3.82. The molecule has 0 bridgehead atoms. The van der Waals surface area contributed by atoms with Gasteiger partial charge in [-0.1, -0.05) is 6.58 Å². The Morgan fingerprint density at radius 1 is 1.32 bits per heavy atom. The fourth-order valence-electron chi connectivity index (χ4n) is 4.46. The molecule has 1 amide bonds. The van der Waals surface area contributed by atoms with Crippen LogP contribution in [0.3, 0.4) is 0 Å². The number of fused-ring (bicyclic) bond motifs is 1. The first-order valence-corrected chi connectivity index (χ1v) is 10.0. The van der Waals surface area contributed by atoms with Crippen molar-refractivity contribution >= 4 is 22.8 Å². The largest absolute Gasteiger partial charge is 0.383 e. The second-order valence-electron chi connectivity index (χ2n) is 7.64. The van der Waals surface area contributed by atoms with Gasteiger partial charge in [-0.3, -0.25) is 9.78 Å². The molecule has 0 spiro atoms. The van der Waals surface area contributed by atoms with E-state index in [1.54, 1.807) is 17.1 Å². The summed E-state index contributed by atoms with van der Waals surface area (Å²) in [5.41, 5.74) is 10.9. The number of aryl methyl sites for hydroxylation is 1. The van der Waals surface area contributed by atoms with Gasteiger partial charge in [-0.15, -0.1) is 0 Å². The molecular weight excluding hydrogens is 392 g/mol. The maximum atomic E-state index is 12.2. The van der Waals surface area contributed by atoms with E-state index in [1.807, 2.05) is 36.5 Å². The average molecular weight is 414 g/mol. The highest BCUT2D eigenvalue weighted by Gasteiger charge is 2.33. The Kier molecular flexibility index (Phi) is 4.50. The van der Waals surface area contributed by atoms with E-state index in [4.69, 9.17) is 5.73 Å². The van der Waals surface area contributed by atoms with Crippen molar-refractivity contribution in [3.63, 3.8) is 0 Å². The normalized spacial score (nSPS) is 16.2. The van der Waals surface area contributed by atoms with E-state index in [9.17, 15) is 4.79 Å². The summed E-state index contributed by atoms with van der Waals surface area (Å²) < 4.78 is 3.85. The quantitative estimate of drug-likeness (QED) is 0.514. The first kappa shape index (κ1) is 19.0. The lowest BCUT2D eigenvalue weighted by atomic mass is 9.96. The van der Waals surface area contributed by atoms with Crippen LogP contribution in [0.5, 0.6) is 0 Å². The van der Waals surface area contributed by atoms with Crippen LogP contribution in [0.4, 0.5) is 5.82 Å². The van der Waals surface area contributed by atoms with Crippen LogP contribution in [-0.2, 0) is 11.8 Å². The number of hydrogen-bond acceptors (Lipinski definition) is 6. The van der Waals surface area contributed by atoms with Gasteiger partial charge in [-0.05, 0) is 24.6 Å². The van der Waals surface area contributed by atoms with E-state index in [1.165, 1.54) is 12.4 Å². The third-order valence-corrected chi connectivity index (χ3v) is 5.88. The lowest BCUT2D eigenvalue weighted by molar-refractivity contribution is -0.125. The van der Waals surface area contributed by atoms with Crippen molar-refractivity contribution in [2.75, 3.05) is 18.8 Å². The number of rotatable bonds is 4. The highest BCUT2D eigenvalue weighted by Crippen LogP contribution is 2.42. The Labute approximate surface area is 178 Å². The molecule has 0 aromatic carbocycles. The van der Waals surface area contributed by atoms with Crippen LogP contribution < -0.4 is 5.73 Å².